The number of hydrogen-bond acceptors (Lipinski definition) is 6. The highest BCUT2D eigenvalue weighted by Gasteiger charge is 2.65. The summed E-state index contributed by atoms with van der Waals surface area (Å²) in [6.07, 6.45) is 0. The highest BCUT2D eigenvalue weighted by Crippen LogP contribution is 2.57. The van der Waals surface area contributed by atoms with Gasteiger partial charge in [0, 0.05) is 11.6 Å². The van der Waals surface area contributed by atoms with E-state index in [0.29, 0.717) is 33.2 Å². The fraction of sp³-hybridized carbons (Fsp3) is 0.286. The number of fused-ring (bicyclic) bond motifs is 1. The molecule has 0 radical (unpaired) electrons. The molecule has 4 aromatic rings. The van der Waals surface area contributed by atoms with Crippen molar-refractivity contribution in [2.75, 3.05) is 12.1 Å². The summed E-state index contributed by atoms with van der Waals surface area (Å²) in [5, 5.41) is 15.8. The third-order valence-corrected chi connectivity index (χ3v) is 9.59. The van der Waals surface area contributed by atoms with E-state index in [9.17, 15) is 19.5 Å². The minimum absolute atomic E-state index is 0.0504. The van der Waals surface area contributed by atoms with Crippen molar-refractivity contribution in [2.24, 2.45) is 5.92 Å². The Balaban J connectivity index is 1.59. The molecule has 6 rings (SSSR count). The third-order valence-electron chi connectivity index (χ3n) is 8.70. The Hall–Kier alpha value is -4.63. The average molecular weight is 611 g/mol. The Morgan fingerprint density at radius 3 is 2.23 bits per heavy atom. The number of carbonyl (C=O) groups excluding carboxylic acids is 2. The maximum Gasteiger partial charge on any atom is 0.330 e. The van der Waals surface area contributed by atoms with Gasteiger partial charge in [-0.1, -0.05) is 75.4 Å². The van der Waals surface area contributed by atoms with Gasteiger partial charge in [0.15, 0.2) is 17.3 Å². The molecule has 1 saturated heterocycles. The molecule has 0 aliphatic carbocycles. The largest absolute Gasteiger partial charge is 0.479 e. The first-order valence-electron chi connectivity index (χ1n) is 14.5. The summed E-state index contributed by atoms with van der Waals surface area (Å²) >= 11 is 1.30. The van der Waals surface area contributed by atoms with E-state index in [2.05, 4.69) is 26.1 Å². The van der Waals surface area contributed by atoms with Crippen molar-refractivity contribution in [3.63, 3.8) is 0 Å². The second kappa shape index (κ2) is 11.1. The summed E-state index contributed by atoms with van der Waals surface area (Å²) in [6.45, 7) is 7.91. The van der Waals surface area contributed by atoms with Crippen molar-refractivity contribution in [3.05, 3.63) is 112 Å². The number of para-hydroxylation sites is 1. The predicted octanol–water partition coefficient (Wildman–Crippen LogP) is 7.49. The first-order valence-corrected chi connectivity index (χ1v) is 15.3. The van der Waals surface area contributed by atoms with Gasteiger partial charge in [-0.25, -0.2) is 9.59 Å². The number of aliphatic carboxylic acids is 1. The van der Waals surface area contributed by atoms with Gasteiger partial charge in [-0.2, -0.15) is 0 Å². The maximum atomic E-state index is 14.6. The molecule has 2 amide bonds. The predicted molar refractivity (Wildman–Crippen MR) is 169 cm³/mol. The first-order chi connectivity index (χ1) is 21.0. The molecule has 4 unspecified atom stereocenters. The SMILES string of the molecule is CC(C)(C)c1ccc(C2C(C(=O)c3cccs3)C(c3ccc4c(c3)OCO4)N(C(=O)Nc3ccccc3)C2(C)C(=O)O)cc1. The van der Waals surface area contributed by atoms with E-state index in [0.717, 1.165) is 5.56 Å². The van der Waals surface area contributed by atoms with Gasteiger partial charge in [-0.15, -0.1) is 11.3 Å². The van der Waals surface area contributed by atoms with Crippen LogP contribution in [0.3, 0.4) is 0 Å². The third kappa shape index (κ3) is 5.01. The van der Waals surface area contributed by atoms with Gasteiger partial charge in [-0.05, 0) is 64.7 Å². The monoisotopic (exact) mass is 610 g/mol. The van der Waals surface area contributed by atoms with Gasteiger partial charge in [0.1, 0.15) is 5.54 Å². The topological polar surface area (TPSA) is 105 Å². The number of rotatable bonds is 6. The molecule has 0 saturated carbocycles. The molecule has 44 heavy (non-hydrogen) atoms. The molecule has 1 fully saturated rings. The fourth-order valence-electron chi connectivity index (χ4n) is 6.46. The number of carboxylic acids is 1. The van der Waals surface area contributed by atoms with Crippen LogP contribution in [0.5, 0.6) is 11.5 Å². The lowest BCUT2D eigenvalue weighted by Gasteiger charge is -2.38. The Kier molecular flexibility index (Phi) is 7.45. The molecule has 1 aromatic heterocycles. The van der Waals surface area contributed by atoms with E-state index in [4.69, 9.17) is 9.47 Å². The molecular weight excluding hydrogens is 576 g/mol. The highest BCUT2D eigenvalue weighted by molar-refractivity contribution is 7.12. The number of hydrogen-bond donors (Lipinski definition) is 2. The smallest absolute Gasteiger partial charge is 0.330 e. The van der Waals surface area contributed by atoms with Crippen LogP contribution in [0, 0.1) is 5.92 Å². The summed E-state index contributed by atoms with van der Waals surface area (Å²) in [5.74, 6) is -2.24. The number of carboxylic acid groups (broad SMARTS) is 1. The molecule has 0 bridgehead atoms. The van der Waals surface area contributed by atoms with Crippen LogP contribution in [0.25, 0.3) is 0 Å². The highest BCUT2D eigenvalue weighted by atomic mass is 32.1. The van der Waals surface area contributed by atoms with E-state index in [1.165, 1.54) is 16.2 Å². The quantitative estimate of drug-likeness (QED) is 0.219. The summed E-state index contributed by atoms with van der Waals surface area (Å²) in [5.41, 5.74) is 0.873. The number of urea groups is 1. The zero-order valence-electron chi connectivity index (χ0n) is 24.9. The van der Waals surface area contributed by atoms with Crippen LogP contribution < -0.4 is 14.8 Å². The number of likely N-dealkylation sites (tertiary alicyclic amines) is 1. The molecule has 4 atom stereocenters. The van der Waals surface area contributed by atoms with Gasteiger partial charge in [0.25, 0.3) is 0 Å². The number of thiophene rings is 1. The lowest BCUT2D eigenvalue weighted by Crippen LogP contribution is -2.55. The molecule has 9 heteroatoms. The van der Waals surface area contributed by atoms with E-state index in [1.807, 2.05) is 35.7 Å². The summed E-state index contributed by atoms with van der Waals surface area (Å²) in [7, 11) is 0. The van der Waals surface area contributed by atoms with E-state index < -0.39 is 35.4 Å². The van der Waals surface area contributed by atoms with Crippen molar-refractivity contribution >= 4 is 34.8 Å². The van der Waals surface area contributed by atoms with Crippen LogP contribution in [-0.2, 0) is 10.2 Å². The molecular formula is C35H34N2O6S. The minimum atomic E-state index is -1.82. The van der Waals surface area contributed by atoms with E-state index >= 15 is 0 Å². The van der Waals surface area contributed by atoms with Crippen LogP contribution in [0.1, 0.15) is 66.0 Å². The van der Waals surface area contributed by atoms with Crippen LogP contribution in [0.2, 0.25) is 0 Å². The number of amides is 2. The Bertz CT molecular complexity index is 1700. The van der Waals surface area contributed by atoms with Gasteiger partial charge < -0.3 is 19.9 Å². The standard InChI is InChI=1S/C35H34N2O6S/c1-34(2,3)23-15-12-21(13-16-23)29-28(31(38)27-11-8-18-44-27)30(22-14-17-25-26(19-22)43-20-42-25)37(35(29,4)32(39)40)33(41)36-24-9-6-5-7-10-24/h5-19,28-30H,20H2,1-4H3,(H,36,41)(H,39,40). The number of nitrogens with zero attached hydrogens (tertiary/aromatic N) is 1. The summed E-state index contributed by atoms with van der Waals surface area (Å²) in [6, 6.07) is 23.9. The van der Waals surface area contributed by atoms with Crippen molar-refractivity contribution in [1.29, 1.82) is 0 Å². The maximum absolute atomic E-state index is 14.6. The minimum Gasteiger partial charge on any atom is -0.479 e. The Morgan fingerprint density at radius 2 is 1.59 bits per heavy atom. The molecule has 8 nitrogen and oxygen atoms in total. The van der Waals surface area contributed by atoms with Gasteiger partial charge in [0.05, 0.1) is 16.8 Å². The van der Waals surface area contributed by atoms with Gasteiger partial charge in [-0.3, -0.25) is 9.69 Å². The van der Waals surface area contributed by atoms with E-state index in [1.54, 1.807) is 61.5 Å². The zero-order chi connectivity index (χ0) is 31.2. The molecule has 2 aliphatic rings. The average Bonchev–Trinajstić information content (AvgIpc) is 3.75. The second-order valence-electron chi connectivity index (χ2n) is 12.4. The van der Waals surface area contributed by atoms with Crippen LogP contribution in [0.15, 0.2) is 90.3 Å². The lowest BCUT2D eigenvalue weighted by molar-refractivity contribution is -0.148. The normalized spacial score (nSPS) is 22.5. The van der Waals surface area contributed by atoms with Gasteiger partial charge >= 0.3 is 12.0 Å². The Morgan fingerprint density at radius 1 is 0.909 bits per heavy atom. The van der Waals surface area contributed by atoms with Crippen LogP contribution in [0.4, 0.5) is 10.5 Å². The number of carbonyl (C=O) groups is 3. The first kappa shape index (κ1) is 29.4. The lowest BCUT2D eigenvalue weighted by atomic mass is 9.72. The fourth-order valence-corrected chi connectivity index (χ4v) is 7.18. The van der Waals surface area contributed by atoms with Crippen LogP contribution in [-0.4, -0.2) is 40.1 Å². The second-order valence-corrected chi connectivity index (χ2v) is 13.3. The van der Waals surface area contributed by atoms with Crippen LogP contribution >= 0.6 is 11.3 Å². The van der Waals surface area contributed by atoms with Crippen molar-refractivity contribution < 1.29 is 29.0 Å². The molecule has 2 aliphatic heterocycles. The molecule has 226 valence electrons. The van der Waals surface area contributed by atoms with Crippen molar-refractivity contribution in [2.45, 2.75) is 50.6 Å². The number of ketones is 1. The summed E-state index contributed by atoms with van der Waals surface area (Å²) in [4.78, 5) is 44.3. The van der Waals surface area contributed by atoms with Gasteiger partial charge in [0.2, 0.25) is 6.79 Å². The van der Waals surface area contributed by atoms with Crippen molar-refractivity contribution in [1.82, 2.24) is 4.90 Å². The zero-order valence-corrected chi connectivity index (χ0v) is 25.8. The number of benzene rings is 3. The molecule has 2 N–H and O–H groups in total. The van der Waals surface area contributed by atoms with Crippen molar-refractivity contribution in [3.8, 4) is 11.5 Å². The summed E-state index contributed by atoms with van der Waals surface area (Å²) < 4.78 is 11.2. The number of ether oxygens (including phenoxy) is 2. The number of nitrogens with one attached hydrogen (secondary N) is 1. The molecule has 3 heterocycles. The molecule has 3 aromatic carbocycles. The molecule has 0 spiro atoms. The number of Topliss-reactive ketones (excluding diaryl/α,β-unsaturated/α-hetero) is 1. The Labute approximate surface area is 260 Å². The number of anilines is 1. The van der Waals surface area contributed by atoms with E-state index in [-0.39, 0.29) is 18.0 Å².